The van der Waals surface area contributed by atoms with Gasteiger partial charge < -0.3 is 15.9 Å². The molecule has 0 heterocycles. The lowest BCUT2D eigenvalue weighted by Crippen LogP contribution is -2.20. The summed E-state index contributed by atoms with van der Waals surface area (Å²) < 4.78 is 0. The lowest BCUT2D eigenvalue weighted by molar-refractivity contribution is -0.109. The Morgan fingerprint density at radius 3 is 2.72 bits per heavy atom. The number of anilines is 1. The molecule has 5 heteroatoms. The van der Waals surface area contributed by atoms with E-state index in [0.717, 1.165) is 17.3 Å². The monoisotopic (exact) mass is 269 g/mol. The smallest absolute Gasteiger partial charge is 0.185 e. The van der Waals surface area contributed by atoms with E-state index in [2.05, 4.69) is 0 Å². The summed E-state index contributed by atoms with van der Waals surface area (Å²) in [4.78, 5) is 10.8. The van der Waals surface area contributed by atoms with Crippen molar-refractivity contribution in [2.24, 2.45) is 0 Å². The number of hydrogen-bond donors (Lipinski definition) is 3. The third kappa shape index (κ3) is 4.01. The zero-order chi connectivity index (χ0) is 13.7. The van der Waals surface area contributed by atoms with Crippen molar-refractivity contribution < 1.29 is 15.0 Å². The summed E-state index contributed by atoms with van der Waals surface area (Å²) in [6.07, 6.45) is -1.50. The highest BCUT2D eigenvalue weighted by atomic mass is 32.2. The van der Waals surface area contributed by atoms with Crippen LogP contribution in [0.3, 0.4) is 0 Å². The first-order valence-corrected chi connectivity index (χ1v) is 6.76. The third-order valence-corrected chi connectivity index (χ3v) is 3.67. The fourth-order valence-electron chi connectivity index (χ4n) is 1.68. The van der Waals surface area contributed by atoms with Crippen LogP contribution in [0.4, 0.5) is 5.69 Å². The van der Waals surface area contributed by atoms with Crippen molar-refractivity contribution in [1.29, 1.82) is 0 Å². The highest BCUT2D eigenvalue weighted by molar-refractivity contribution is 8.13. The molecule has 1 rings (SSSR count). The van der Waals surface area contributed by atoms with E-state index in [1.165, 1.54) is 6.92 Å². The van der Waals surface area contributed by atoms with Crippen LogP contribution in [0.25, 0.3) is 0 Å². The average molecular weight is 269 g/mol. The molecule has 0 saturated heterocycles. The number of benzene rings is 1. The number of aliphatic hydroxyl groups is 2. The largest absolute Gasteiger partial charge is 0.399 e. The van der Waals surface area contributed by atoms with Crippen LogP contribution in [0.15, 0.2) is 18.2 Å². The van der Waals surface area contributed by atoms with E-state index in [1.54, 1.807) is 18.2 Å². The lowest BCUT2D eigenvalue weighted by Gasteiger charge is -2.20. The van der Waals surface area contributed by atoms with Crippen molar-refractivity contribution in [2.75, 3.05) is 11.5 Å². The Hall–Kier alpha value is -1.04. The number of aliphatic hydroxyl groups excluding tert-OH is 2. The normalized spacial score (nSPS) is 14.2. The first kappa shape index (κ1) is 15.0. The van der Waals surface area contributed by atoms with Crippen LogP contribution in [0.2, 0.25) is 0 Å². The van der Waals surface area contributed by atoms with Gasteiger partial charge in [-0.1, -0.05) is 23.9 Å². The van der Waals surface area contributed by atoms with E-state index in [-0.39, 0.29) is 5.12 Å². The first-order valence-electron chi connectivity index (χ1n) is 5.78. The molecule has 2 unspecified atom stereocenters. The minimum Gasteiger partial charge on any atom is -0.399 e. The SMILES string of the molecule is CC(=O)SCCC(O)C(O)c1cccc(N)c1C. The Bertz CT molecular complexity index is 423. The van der Waals surface area contributed by atoms with Crippen molar-refractivity contribution in [2.45, 2.75) is 32.5 Å². The van der Waals surface area contributed by atoms with Crippen LogP contribution in [-0.2, 0) is 4.79 Å². The molecule has 1 aromatic rings. The van der Waals surface area contributed by atoms with Gasteiger partial charge in [0.1, 0.15) is 6.10 Å². The van der Waals surface area contributed by atoms with Gasteiger partial charge in [0.25, 0.3) is 0 Å². The average Bonchev–Trinajstić information content (AvgIpc) is 2.31. The van der Waals surface area contributed by atoms with Gasteiger partial charge in [0.2, 0.25) is 0 Å². The van der Waals surface area contributed by atoms with Gasteiger partial charge in [0.05, 0.1) is 6.10 Å². The van der Waals surface area contributed by atoms with E-state index < -0.39 is 12.2 Å². The fourth-order valence-corrected chi connectivity index (χ4v) is 2.33. The van der Waals surface area contributed by atoms with Crippen molar-refractivity contribution in [3.63, 3.8) is 0 Å². The number of carbonyl (C=O) groups is 1. The van der Waals surface area contributed by atoms with Gasteiger partial charge in [-0.15, -0.1) is 0 Å². The second-order valence-corrected chi connectivity index (χ2v) is 5.47. The molecule has 1 aromatic carbocycles. The van der Waals surface area contributed by atoms with Crippen LogP contribution in [0.5, 0.6) is 0 Å². The summed E-state index contributed by atoms with van der Waals surface area (Å²) in [5.41, 5.74) is 7.77. The van der Waals surface area contributed by atoms with Crippen LogP contribution >= 0.6 is 11.8 Å². The Labute approximate surface area is 111 Å². The predicted octanol–water partition coefficient (Wildman–Crippen LogP) is 1.64. The van der Waals surface area contributed by atoms with Gasteiger partial charge in [-0.25, -0.2) is 0 Å². The number of rotatable bonds is 5. The third-order valence-electron chi connectivity index (χ3n) is 2.82. The molecule has 2 atom stereocenters. The van der Waals surface area contributed by atoms with Gasteiger partial charge in [0.15, 0.2) is 5.12 Å². The Balaban J connectivity index is 2.65. The molecule has 0 aliphatic heterocycles. The zero-order valence-corrected chi connectivity index (χ0v) is 11.4. The Kier molecular flexibility index (Phi) is 5.65. The highest BCUT2D eigenvalue weighted by Gasteiger charge is 2.20. The summed E-state index contributed by atoms with van der Waals surface area (Å²) in [6, 6.07) is 5.25. The standard InChI is InChI=1S/C13H19NO3S/c1-8-10(4-3-5-11(8)14)13(17)12(16)6-7-18-9(2)15/h3-5,12-13,16-17H,6-7,14H2,1-2H3. The molecule has 18 heavy (non-hydrogen) atoms. The fraction of sp³-hybridized carbons (Fsp3) is 0.462. The molecule has 0 aliphatic rings. The molecular weight excluding hydrogens is 250 g/mol. The van der Waals surface area contributed by atoms with E-state index in [9.17, 15) is 15.0 Å². The second-order valence-electron chi connectivity index (χ2n) is 4.20. The second kappa shape index (κ2) is 6.78. The lowest BCUT2D eigenvalue weighted by atomic mass is 9.97. The molecular formula is C13H19NO3S. The quantitative estimate of drug-likeness (QED) is 0.708. The van der Waals surface area contributed by atoms with Gasteiger partial charge >= 0.3 is 0 Å². The van der Waals surface area contributed by atoms with Gasteiger partial charge in [-0.3, -0.25) is 4.79 Å². The van der Waals surface area contributed by atoms with Crippen LogP contribution in [0, 0.1) is 6.92 Å². The first-order chi connectivity index (χ1) is 8.43. The van der Waals surface area contributed by atoms with Crippen LogP contribution in [-0.4, -0.2) is 27.2 Å². The molecule has 0 spiro atoms. The molecule has 100 valence electrons. The van der Waals surface area contributed by atoms with Crippen molar-refractivity contribution in [3.05, 3.63) is 29.3 Å². The summed E-state index contributed by atoms with van der Waals surface area (Å²) in [5.74, 6) is 0.495. The van der Waals surface area contributed by atoms with Gasteiger partial charge in [-0.05, 0) is 30.5 Å². The van der Waals surface area contributed by atoms with Crippen molar-refractivity contribution in [3.8, 4) is 0 Å². The van der Waals surface area contributed by atoms with Gasteiger partial charge in [-0.2, -0.15) is 0 Å². The zero-order valence-electron chi connectivity index (χ0n) is 10.6. The molecule has 4 N–H and O–H groups in total. The number of hydrogen-bond acceptors (Lipinski definition) is 5. The maximum Gasteiger partial charge on any atom is 0.185 e. The number of nitrogen functional groups attached to an aromatic ring is 1. The topological polar surface area (TPSA) is 83.5 Å². The van der Waals surface area contributed by atoms with E-state index in [1.807, 2.05) is 6.92 Å². The minimum absolute atomic E-state index is 0.0109. The number of nitrogens with two attached hydrogens (primary N) is 1. The van der Waals surface area contributed by atoms with E-state index in [4.69, 9.17) is 5.73 Å². The summed E-state index contributed by atoms with van der Waals surface area (Å²) in [7, 11) is 0. The number of thioether (sulfide) groups is 1. The van der Waals surface area contributed by atoms with Crippen molar-refractivity contribution in [1.82, 2.24) is 0 Å². The summed E-state index contributed by atoms with van der Waals surface area (Å²) >= 11 is 1.14. The molecule has 0 saturated carbocycles. The summed E-state index contributed by atoms with van der Waals surface area (Å²) in [6.45, 7) is 3.29. The van der Waals surface area contributed by atoms with Crippen molar-refractivity contribution >= 4 is 22.6 Å². The summed E-state index contributed by atoms with van der Waals surface area (Å²) in [5, 5.41) is 20.0. The number of carbonyl (C=O) groups excluding carboxylic acids is 1. The molecule has 4 nitrogen and oxygen atoms in total. The van der Waals surface area contributed by atoms with Crippen LogP contribution < -0.4 is 5.73 Å². The molecule has 0 aliphatic carbocycles. The predicted molar refractivity (Wildman–Crippen MR) is 74.3 cm³/mol. The maximum atomic E-state index is 10.8. The maximum absolute atomic E-state index is 10.8. The Morgan fingerprint density at radius 2 is 2.11 bits per heavy atom. The highest BCUT2D eigenvalue weighted by Crippen LogP contribution is 2.26. The Morgan fingerprint density at radius 1 is 1.44 bits per heavy atom. The van der Waals surface area contributed by atoms with Crippen LogP contribution in [0.1, 0.15) is 30.6 Å². The molecule has 0 fully saturated rings. The molecule has 0 aromatic heterocycles. The van der Waals surface area contributed by atoms with E-state index >= 15 is 0 Å². The van der Waals surface area contributed by atoms with Gasteiger partial charge in [0, 0.05) is 18.4 Å². The molecule has 0 bridgehead atoms. The molecule has 0 radical (unpaired) electrons. The minimum atomic E-state index is -0.971. The van der Waals surface area contributed by atoms with E-state index in [0.29, 0.717) is 23.4 Å². The molecule has 0 amide bonds.